The standard InChI is InChI=1S/C32H38N6O3/c1-37-29-13-10-22(15-27(29)35-36-37)18-34-31(39)30-16-23(14-21-8-11-26(41-2)12-9-21)20-38(30)32(40)28-17-25(19-33-28)24-6-4-3-5-7-24/h3-9,11-12,15,23,25,28,30,33H,10,13-14,16-20H2,1-2H3,(H,34,39). The van der Waals surface area contributed by atoms with Crippen LogP contribution in [-0.4, -0.2) is 70.5 Å². The molecule has 2 saturated heterocycles. The molecule has 2 aliphatic heterocycles. The van der Waals surface area contributed by atoms with Gasteiger partial charge in [0.1, 0.15) is 17.5 Å². The van der Waals surface area contributed by atoms with E-state index in [-0.39, 0.29) is 23.8 Å². The molecule has 0 saturated carbocycles. The summed E-state index contributed by atoms with van der Waals surface area (Å²) in [5.41, 5.74) is 5.54. The van der Waals surface area contributed by atoms with E-state index in [1.807, 2.05) is 53.0 Å². The number of hydrogen-bond donors (Lipinski definition) is 2. The van der Waals surface area contributed by atoms with Crippen LogP contribution in [0.1, 0.15) is 47.7 Å². The zero-order chi connectivity index (χ0) is 28.3. The molecule has 6 rings (SSSR count). The second kappa shape index (κ2) is 11.9. The fraction of sp³-hybridized carbons (Fsp3) is 0.438. The Kier molecular flexibility index (Phi) is 7.87. The average molecular weight is 555 g/mol. The topological polar surface area (TPSA) is 101 Å². The van der Waals surface area contributed by atoms with Crippen molar-refractivity contribution in [1.29, 1.82) is 0 Å². The molecule has 3 aromatic rings. The van der Waals surface area contributed by atoms with Crippen molar-refractivity contribution in [3.05, 3.63) is 82.7 Å². The molecular formula is C32H38N6O3. The van der Waals surface area contributed by atoms with Crippen LogP contribution >= 0.6 is 0 Å². The highest BCUT2D eigenvalue weighted by molar-refractivity contribution is 5.91. The predicted octanol–water partition coefficient (Wildman–Crippen LogP) is 2.88. The zero-order valence-corrected chi connectivity index (χ0v) is 23.8. The van der Waals surface area contributed by atoms with Crippen LogP contribution in [0.2, 0.25) is 0 Å². The normalized spacial score (nSPS) is 23.7. The number of aryl methyl sites for hydroxylation is 1. The van der Waals surface area contributed by atoms with Crippen LogP contribution in [0.15, 0.2) is 60.2 Å². The second-order valence-electron chi connectivity index (χ2n) is 11.5. The number of benzene rings is 2. The monoisotopic (exact) mass is 554 g/mol. The molecule has 4 atom stereocenters. The van der Waals surface area contributed by atoms with Crippen molar-refractivity contribution in [2.45, 2.75) is 50.1 Å². The third kappa shape index (κ3) is 5.91. The fourth-order valence-corrected chi connectivity index (χ4v) is 6.56. The number of fused-ring (bicyclic) bond motifs is 1. The fourth-order valence-electron chi connectivity index (χ4n) is 6.56. The Bertz CT molecular complexity index is 1420. The lowest BCUT2D eigenvalue weighted by atomic mass is 9.96. The van der Waals surface area contributed by atoms with Crippen LogP contribution in [0.25, 0.3) is 6.08 Å². The Morgan fingerprint density at radius 3 is 2.66 bits per heavy atom. The number of carbonyl (C=O) groups excluding carboxylic acids is 2. The van der Waals surface area contributed by atoms with Gasteiger partial charge in [-0.2, -0.15) is 0 Å². The molecule has 2 aromatic carbocycles. The quantitative estimate of drug-likeness (QED) is 0.444. The molecule has 4 unspecified atom stereocenters. The predicted molar refractivity (Wildman–Crippen MR) is 156 cm³/mol. The van der Waals surface area contributed by atoms with Crippen molar-refractivity contribution < 1.29 is 14.3 Å². The molecule has 0 spiro atoms. The van der Waals surface area contributed by atoms with Gasteiger partial charge in [-0.15, -0.1) is 5.10 Å². The Labute approximate surface area is 240 Å². The Morgan fingerprint density at radius 2 is 1.88 bits per heavy atom. The second-order valence-corrected chi connectivity index (χ2v) is 11.5. The lowest BCUT2D eigenvalue weighted by Crippen LogP contribution is -2.51. The van der Waals surface area contributed by atoms with Gasteiger partial charge in [0.2, 0.25) is 11.8 Å². The van der Waals surface area contributed by atoms with E-state index in [0.29, 0.717) is 25.4 Å². The maximum Gasteiger partial charge on any atom is 0.243 e. The van der Waals surface area contributed by atoms with E-state index in [4.69, 9.17) is 4.74 Å². The molecule has 1 aromatic heterocycles. The SMILES string of the molecule is COc1ccc(CC2CC(C(=O)NCC3=Cc4nnn(C)c4CC3)N(C(=O)C3CC(c4ccccc4)CN3)C2)cc1. The highest BCUT2D eigenvalue weighted by Gasteiger charge is 2.43. The minimum atomic E-state index is -0.486. The molecule has 3 heterocycles. The maximum atomic E-state index is 13.9. The highest BCUT2D eigenvalue weighted by atomic mass is 16.5. The van der Waals surface area contributed by atoms with Gasteiger partial charge in [-0.3, -0.25) is 14.3 Å². The van der Waals surface area contributed by atoms with E-state index in [9.17, 15) is 9.59 Å². The number of ether oxygens (including phenoxy) is 1. The van der Waals surface area contributed by atoms with Gasteiger partial charge in [0, 0.05) is 26.7 Å². The minimum Gasteiger partial charge on any atom is -0.497 e. The number of amides is 2. The minimum absolute atomic E-state index is 0.0295. The molecule has 0 radical (unpaired) electrons. The van der Waals surface area contributed by atoms with Gasteiger partial charge in [-0.1, -0.05) is 47.7 Å². The Morgan fingerprint density at radius 1 is 1.07 bits per heavy atom. The van der Waals surface area contributed by atoms with E-state index in [1.54, 1.807) is 7.11 Å². The number of nitrogens with zero attached hydrogens (tertiary/aromatic N) is 4. The van der Waals surface area contributed by atoms with E-state index in [0.717, 1.165) is 54.9 Å². The summed E-state index contributed by atoms with van der Waals surface area (Å²) >= 11 is 0. The van der Waals surface area contributed by atoms with E-state index in [1.165, 1.54) is 11.1 Å². The number of methoxy groups -OCH3 is 1. The number of rotatable bonds is 8. The van der Waals surface area contributed by atoms with Crippen LogP contribution in [0.4, 0.5) is 0 Å². The van der Waals surface area contributed by atoms with Gasteiger partial charge in [0.05, 0.1) is 18.8 Å². The van der Waals surface area contributed by atoms with Crippen LogP contribution < -0.4 is 15.4 Å². The van der Waals surface area contributed by atoms with Crippen molar-refractivity contribution >= 4 is 17.9 Å². The summed E-state index contributed by atoms with van der Waals surface area (Å²) < 4.78 is 7.12. The van der Waals surface area contributed by atoms with Gasteiger partial charge in [0.15, 0.2) is 0 Å². The van der Waals surface area contributed by atoms with Crippen molar-refractivity contribution in [2.24, 2.45) is 13.0 Å². The summed E-state index contributed by atoms with van der Waals surface area (Å²) in [7, 11) is 3.56. The smallest absolute Gasteiger partial charge is 0.243 e. The average Bonchev–Trinajstić information content (AvgIpc) is 3.76. The highest BCUT2D eigenvalue weighted by Crippen LogP contribution is 2.32. The van der Waals surface area contributed by atoms with Crippen LogP contribution in [0.5, 0.6) is 5.75 Å². The Balaban J connectivity index is 1.15. The number of hydrogen-bond acceptors (Lipinski definition) is 6. The van der Waals surface area contributed by atoms with Crippen LogP contribution in [0.3, 0.4) is 0 Å². The zero-order valence-electron chi connectivity index (χ0n) is 23.8. The molecule has 1 aliphatic carbocycles. The van der Waals surface area contributed by atoms with Gasteiger partial charge >= 0.3 is 0 Å². The first-order valence-corrected chi connectivity index (χ1v) is 14.6. The van der Waals surface area contributed by atoms with Crippen molar-refractivity contribution in [3.8, 4) is 5.75 Å². The van der Waals surface area contributed by atoms with Crippen molar-refractivity contribution in [1.82, 2.24) is 30.5 Å². The first-order chi connectivity index (χ1) is 20.0. The van der Waals surface area contributed by atoms with E-state index in [2.05, 4.69) is 45.2 Å². The summed E-state index contributed by atoms with van der Waals surface area (Å²) in [4.78, 5) is 29.4. The van der Waals surface area contributed by atoms with Crippen molar-refractivity contribution in [3.63, 3.8) is 0 Å². The molecular weight excluding hydrogens is 516 g/mol. The van der Waals surface area contributed by atoms with Crippen molar-refractivity contribution in [2.75, 3.05) is 26.7 Å². The lowest BCUT2D eigenvalue weighted by Gasteiger charge is -2.27. The third-order valence-corrected chi connectivity index (χ3v) is 8.84. The Hall–Kier alpha value is -3.98. The molecule has 2 N–H and O–H groups in total. The molecule has 9 nitrogen and oxygen atoms in total. The lowest BCUT2D eigenvalue weighted by molar-refractivity contribution is -0.139. The van der Waals surface area contributed by atoms with Gasteiger partial charge < -0.3 is 20.3 Å². The summed E-state index contributed by atoms with van der Waals surface area (Å²) in [6.07, 6.45) is 5.93. The number of likely N-dealkylation sites (tertiary alicyclic amines) is 1. The molecule has 3 aliphatic rings. The molecule has 2 amide bonds. The van der Waals surface area contributed by atoms with Gasteiger partial charge in [0.25, 0.3) is 0 Å². The third-order valence-electron chi connectivity index (χ3n) is 8.84. The number of aromatic nitrogens is 3. The largest absolute Gasteiger partial charge is 0.497 e. The maximum absolute atomic E-state index is 13.9. The number of nitrogens with one attached hydrogen (secondary N) is 2. The summed E-state index contributed by atoms with van der Waals surface area (Å²) in [5, 5.41) is 14.9. The first kappa shape index (κ1) is 27.2. The molecule has 41 heavy (non-hydrogen) atoms. The van der Waals surface area contributed by atoms with E-state index >= 15 is 0 Å². The molecule has 0 bridgehead atoms. The van der Waals surface area contributed by atoms with E-state index < -0.39 is 6.04 Å². The van der Waals surface area contributed by atoms with Gasteiger partial charge in [-0.05, 0) is 78.8 Å². The first-order valence-electron chi connectivity index (χ1n) is 14.6. The summed E-state index contributed by atoms with van der Waals surface area (Å²) in [6, 6.07) is 17.6. The van der Waals surface area contributed by atoms with Gasteiger partial charge in [-0.25, -0.2) is 0 Å². The number of carbonyl (C=O) groups is 2. The summed E-state index contributed by atoms with van der Waals surface area (Å²) in [6.45, 7) is 1.79. The van der Waals surface area contributed by atoms with Crippen LogP contribution in [0, 0.1) is 5.92 Å². The van der Waals surface area contributed by atoms with Crippen LogP contribution in [-0.2, 0) is 29.5 Å². The summed E-state index contributed by atoms with van der Waals surface area (Å²) in [5.74, 6) is 1.26. The molecule has 2 fully saturated rings. The molecule has 214 valence electrons. The molecule has 9 heteroatoms.